The smallest absolute Gasteiger partial charge is 0.255 e. The van der Waals surface area contributed by atoms with E-state index in [4.69, 9.17) is 5.11 Å². The summed E-state index contributed by atoms with van der Waals surface area (Å²) >= 11 is 3.35. The van der Waals surface area contributed by atoms with Gasteiger partial charge in [-0.2, -0.15) is 0 Å². The minimum atomic E-state index is -0.169. The molecule has 2 aromatic carbocycles. The van der Waals surface area contributed by atoms with E-state index in [-0.39, 0.29) is 12.5 Å². The van der Waals surface area contributed by atoms with E-state index in [0.717, 1.165) is 15.7 Å². The zero-order valence-corrected chi connectivity index (χ0v) is 11.1. The van der Waals surface area contributed by atoms with E-state index in [2.05, 4.69) is 21.2 Å². The van der Waals surface area contributed by atoms with Crippen molar-refractivity contribution in [2.24, 2.45) is 0 Å². The topological polar surface area (TPSA) is 49.3 Å². The molecule has 0 spiro atoms. The molecule has 4 heteroatoms. The molecule has 0 bridgehead atoms. The lowest BCUT2D eigenvalue weighted by Crippen LogP contribution is -2.11. The monoisotopic (exact) mass is 305 g/mol. The molecular formula is C14H12BrNO2. The third-order valence-electron chi connectivity index (χ3n) is 2.48. The van der Waals surface area contributed by atoms with Gasteiger partial charge in [-0.15, -0.1) is 0 Å². The molecule has 0 aliphatic rings. The van der Waals surface area contributed by atoms with E-state index in [0.29, 0.717) is 5.56 Å². The summed E-state index contributed by atoms with van der Waals surface area (Å²) in [6.45, 7) is -0.0203. The number of carbonyl (C=O) groups is 1. The highest BCUT2D eigenvalue weighted by Gasteiger charge is 2.05. The van der Waals surface area contributed by atoms with Crippen molar-refractivity contribution in [3.63, 3.8) is 0 Å². The molecule has 0 unspecified atom stereocenters. The molecule has 18 heavy (non-hydrogen) atoms. The van der Waals surface area contributed by atoms with Crippen LogP contribution in [0.5, 0.6) is 0 Å². The fourth-order valence-electron chi connectivity index (χ4n) is 1.53. The van der Waals surface area contributed by atoms with Crippen molar-refractivity contribution in [2.45, 2.75) is 6.61 Å². The van der Waals surface area contributed by atoms with Crippen LogP contribution in [-0.2, 0) is 6.61 Å². The van der Waals surface area contributed by atoms with Crippen LogP contribution < -0.4 is 5.32 Å². The van der Waals surface area contributed by atoms with Crippen LogP contribution in [-0.4, -0.2) is 11.0 Å². The van der Waals surface area contributed by atoms with Gasteiger partial charge in [-0.1, -0.05) is 34.1 Å². The summed E-state index contributed by atoms with van der Waals surface area (Å²) in [5, 5.41) is 11.7. The molecule has 0 aliphatic heterocycles. The van der Waals surface area contributed by atoms with Crippen molar-refractivity contribution in [3.8, 4) is 0 Å². The van der Waals surface area contributed by atoms with Gasteiger partial charge in [0.05, 0.1) is 6.61 Å². The molecule has 0 radical (unpaired) electrons. The SMILES string of the molecule is O=C(Nc1cccc(Br)c1)c1ccc(CO)cc1. The Morgan fingerprint density at radius 3 is 2.50 bits per heavy atom. The fraction of sp³-hybridized carbons (Fsp3) is 0.0714. The maximum Gasteiger partial charge on any atom is 0.255 e. The summed E-state index contributed by atoms with van der Waals surface area (Å²) in [5.74, 6) is -0.169. The van der Waals surface area contributed by atoms with Crippen LogP contribution >= 0.6 is 15.9 Å². The van der Waals surface area contributed by atoms with Gasteiger partial charge in [-0.05, 0) is 35.9 Å². The van der Waals surface area contributed by atoms with Gasteiger partial charge in [0, 0.05) is 15.7 Å². The maximum absolute atomic E-state index is 11.9. The molecule has 2 N–H and O–H groups in total. The summed E-state index contributed by atoms with van der Waals surface area (Å²) in [6.07, 6.45) is 0. The standard InChI is InChI=1S/C14H12BrNO2/c15-12-2-1-3-13(8-12)16-14(18)11-6-4-10(9-17)5-7-11/h1-8,17H,9H2,(H,16,18). The second kappa shape index (κ2) is 5.80. The highest BCUT2D eigenvalue weighted by atomic mass is 79.9. The van der Waals surface area contributed by atoms with Crippen LogP contribution in [0.4, 0.5) is 5.69 Å². The van der Waals surface area contributed by atoms with Crippen LogP contribution in [0.1, 0.15) is 15.9 Å². The summed E-state index contributed by atoms with van der Waals surface area (Å²) in [6, 6.07) is 14.3. The molecule has 0 atom stereocenters. The Labute approximate surface area is 114 Å². The molecule has 2 aromatic rings. The predicted molar refractivity (Wildman–Crippen MR) is 74.5 cm³/mol. The van der Waals surface area contributed by atoms with E-state index in [9.17, 15) is 4.79 Å². The van der Waals surface area contributed by atoms with Gasteiger partial charge in [0.25, 0.3) is 5.91 Å². The van der Waals surface area contributed by atoms with Gasteiger partial charge >= 0.3 is 0 Å². The number of carbonyl (C=O) groups excluding carboxylic acids is 1. The highest BCUT2D eigenvalue weighted by molar-refractivity contribution is 9.10. The van der Waals surface area contributed by atoms with Gasteiger partial charge in [0.2, 0.25) is 0 Å². The zero-order chi connectivity index (χ0) is 13.0. The van der Waals surface area contributed by atoms with Crippen molar-refractivity contribution in [1.29, 1.82) is 0 Å². The lowest BCUT2D eigenvalue weighted by molar-refractivity contribution is 0.102. The largest absolute Gasteiger partial charge is 0.392 e. The number of aliphatic hydroxyl groups excluding tert-OH is 1. The molecule has 1 amide bonds. The number of aliphatic hydroxyl groups is 1. The molecule has 0 fully saturated rings. The normalized spacial score (nSPS) is 10.1. The lowest BCUT2D eigenvalue weighted by atomic mass is 10.1. The van der Waals surface area contributed by atoms with Gasteiger partial charge in [0.1, 0.15) is 0 Å². The van der Waals surface area contributed by atoms with Crippen molar-refractivity contribution in [1.82, 2.24) is 0 Å². The Kier molecular flexibility index (Phi) is 4.12. The second-order valence-electron chi connectivity index (χ2n) is 3.82. The van der Waals surface area contributed by atoms with Crippen LogP contribution in [0.15, 0.2) is 53.0 Å². The number of nitrogens with one attached hydrogen (secondary N) is 1. The van der Waals surface area contributed by atoms with Crippen molar-refractivity contribution >= 4 is 27.5 Å². The van der Waals surface area contributed by atoms with Crippen LogP contribution in [0, 0.1) is 0 Å². The molecular weight excluding hydrogens is 294 g/mol. The van der Waals surface area contributed by atoms with Gasteiger partial charge in [0.15, 0.2) is 0 Å². The molecule has 0 saturated heterocycles. The number of benzene rings is 2. The average molecular weight is 306 g/mol. The molecule has 3 nitrogen and oxygen atoms in total. The Balaban J connectivity index is 2.11. The summed E-state index contributed by atoms with van der Waals surface area (Å²) < 4.78 is 0.913. The minimum absolute atomic E-state index is 0.0203. The Morgan fingerprint density at radius 1 is 1.17 bits per heavy atom. The first-order valence-electron chi connectivity index (χ1n) is 5.46. The van der Waals surface area contributed by atoms with Crippen LogP contribution in [0.2, 0.25) is 0 Å². The number of anilines is 1. The van der Waals surface area contributed by atoms with Crippen LogP contribution in [0.25, 0.3) is 0 Å². The van der Waals surface area contributed by atoms with Crippen molar-refractivity contribution in [3.05, 3.63) is 64.1 Å². The number of amides is 1. The Bertz CT molecular complexity index is 552. The summed E-state index contributed by atoms with van der Waals surface area (Å²) in [7, 11) is 0. The van der Waals surface area contributed by atoms with Crippen LogP contribution in [0.3, 0.4) is 0 Å². The van der Waals surface area contributed by atoms with Gasteiger partial charge < -0.3 is 10.4 Å². The Morgan fingerprint density at radius 2 is 1.89 bits per heavy atom. The Hall–Kier alpha value is -1.65. The third-order valence-corrected chi connectivity index (χ3v) is 2.97. The van der Waals surface area contributed by atoms with E-state index in [1.807, 2.05) is 24.3 Å². The number of rotatable bonds is 3. The molecule has 2 rings (SSSR count). The summed E-state index contributed by atoms with van der Waals surface area (Å²) in [4.78, 5) is 11.9. The minimum Gasteiger partial charge on any atom is -0.392 e. The van der Waals surface area contributed by atoms with E-state index >= 15 is 0 Å². The van der Waals surface area contributed by atoms with E-state index in [1.165, 1.54) is 0 Å². The quantitative estimate of drug-likeness (QED) is 0.915. The van der Waals surface area contributed by atoms with Crippen molar-refractivity contribution in [2.75, 3.05) is 5.32 Å². The lowest BCUT2D eigenvalue weighted by Gasteiger charge is -2.06. The zero-order valence-electron chi connectivity index (χ0n) is 9.56. The van der Waals surface area contributed by atoms with Gasteiger partial charge in [-0.25, -0.2) is 0 Å². The average Bonchev–Trinajstić information content (AvgIpc) is 2.39. The second-order valence-corrected chi connectivity index (χ2v) is 4.74. The highest BCUT2D eigenvalue weighted by Crippen LogP contribution is 2.16. The molecule has 0 aliphatic carbocycles. The summed E-state index contributed by atoms with van der Waals surface area (Å²) in [5.41, 5.74) is 2.08. The number of halogens is 1. The first kappa shape index (κ1) is 12.8. The fourth-order valence-corrected chi connectivity index (χ4v) is 1.93. The molecule has 0 saturated carbocycles. The molecule has 92 valence electrons. The van der Waals surface area contributed by atoms with Gasteiger partial charge in [-0.3, -0.25) is 4.79 Å². The maximum atomic E-state index is 11.9. The van der Waals surface area contributed by atoms with E-state index < -0.39 is 0 Å². The first-order chi connectivity index (χ1) is 8.69. The molecule has 0 aromatic heterocycles. The number of hydrogen-bond donors (Lipinski definition) is 2. The predicted octanol–water partition coefficient (Wildman–Crippen LogP) is 3.19. The van der Waals surface area contributed by atoms with Crippen molar-refractivity contribution < 1.29 is 9.90 Å². The first-order valence-corrected chi connectivity index (χ1v) is 6.25. The van der Waals surface area contributed by atoms with E-state index in [1.54, 1.807) is 24.3 Å². The number of hydrogen-bond acceptors (Lipinski definition) is 2. The molecule has 0 heterocycles. The third kappa shape index (κ3) is 3.18.